The van der Waals surface area contributed by atoms with Crippen molar-refractivity contribution < 1.29 is 23.6 Å². The van der Waals surface area contributed by atoms with Gasteiger partial charge in [-0.1, -0.05) is 115 Å². The van der Waals surface area contributed by atoms with Crippen LogP contribution in [-0.4, -0.2) is 31.8 Å². The Morgan fingerprint density at radius 1 is 0.619 bits per heavy atom. The van der Waals surface area contributed by atoms with E-state index in [2.05, 4.69) is 29.2 Å². The molecule has 42 heavy (non-hydrogen) atoms. The Labute approximate surface area is 258 Å². The molecular weight excluding hydrogens is 524 g/mol. The van der Waals surface area contributed by atoms with Gasteiger partial charge in [0, 0.05) is 37.1 Å². The van der Waals surface area contributed by atoms with Gasteiger partial charge in [0.15, 0.2) is 12.4 Å². The van der Waals surface area contributed by atoms with Crippen LogP contribution in [0.25, 0.3) is 0 Å². The first kappa shape index (κ1) is 37.7. The van der Waals surface area contributed by atoms with Crippen molar-refractivity contribution in [3.63, 3.8) is 0 Å². The second-order valence-electron chi connectivity index (χ2n) is 12.0. The Morgan fingerprint density at radius 3 is 1.67 bits per heavy atom. The van der Waals surface area contributed by atoms with Crippen molar-refractivity contribution in [1.29, 1.82) is 0 Å². The van der Waals surface area contributed by atoms with Crippen LogP contribution in [0.15, 0.2) is 41.7 Å². The van der Waals surface area contributed by atoms with E-state index in [-0.39, 0.29) is 19.2 Å². The Bertz CT molecular complexity index is 821. The van der Waals surface area contributed by atoms with Crippen molar-refractivity contribution in [2.75, 3.05) is 19.8 Å². The van der Waals surface area contributed by atoms with E-state index in [4.69, 9.17) is 9.47 Å². The minimum absolute atomic E-state index is 0.148. The van der Waals surface area contributed by atoms with Crippen LogP contribution in [0.4, 0.5) is 4.79 Å². The number of allylic oxidation sites excluding steroid dienone is 1. The molecule has 1 rings (SSSR count). The lowest BCUT2D eigenvalue weighted by Crippen LogP contribution is -2.32. The van der Waals surface area contributed by atoms with E-state index in [1.54, 1.807) is 0 Å². The van der Waals surface area contributed by atoms with E-state index in [9.17, 15) is 9.59 Å². The first-order valence-corrected chi connectivity index (χ1v) is 17.2. The van der Waals surface area contributed by atoms with Gasteiger partial charge in [-0.25, -0.2) is 9.36 Å². The molecule has 1 aromatic rings. The van der Waals surface area contributed by atoms with Crippen LogP contribution < -0.4 is 9.88 Å². The van der Waals surface area contributed by atoms with Crippen LogP contribution in [0.5, 0.6) is 0 Å². The fourth-order valence-electron chi connectivity index (χ4n) is 4.96. The number of ether oxygens (including phenoxy) is 2. The van der Waals surface area contributed by atoms with Crippen LogP contribution in [0.3, 0.4) is 0 Å². The normalized spacial score (nSPS) is 10.8. The Morgan fingerprint density at radius 2 is 1.12 bits per heavy atom. The minimum atomic E-state index is -0.405. The molecule has 0 saturated carbocycles. The molecule has 0 atom stereocenters. The molecule has 0 aliphatic carbocycles. The highest BCUT2D eigenvalue weighted by atomic mass is 16.6. The van der Waals surface area contributed by atoms with Gasteiger partial charge in [-0.15, -0.1) is 0 Å². The van der Waals surface area contributed by atoms with Crippen molar-refractivity contribution in [2.24, 2.45) is 0 Å². The monoisotopic (exact) mass is 587 g/mol. The molecule has 240 valence electrons. The quantitative estimate of drug-likeness (QED) is 0.0482. The summed E-state index contributed by atoms with van der Waals surface area (Å²) in [6.07, 6.45) is 28.3. The maximum Gasteiger partial charge on any atom is 0.407 e. The third-order valence-corrected chi connectivity index (χ3v) is 7.87. The molecule has 0 unspecified atom stereocenters. The molecule has 0 aliphatic rings. The highest BCUT2D eigenvalue weighted by molar-refractivity contribution is 5.69. The van der Waals surface area contributed by atoms with Gasteiger partial charge in [-0.3, -0.25) is 4.79 Å². The lowest BCUT2D eigenvalue weighted by molar-refractivity contribution is -0.697. The topological polar surface area (TPSA) is 68.5 Å². The number of rotatable bonds is 27. The van der Waals surface area contributed by atoms with Crippen LogP contribution >= 0.6 is 0 Å². The summed E-state index contributed by atoms with van der Waals surface area (Å²) in [5.41, 5.74) is 1.84. The van der Waals surface area contributed by atoms with Crippen molar-refractivity contribution in [1.82, 2.24) is 5.32 Å². The van der Waals surface area contributed by atoms with Gasteiger partial charge in [0.2, 0.25) is 0 Å². The number of carbonyl (C=O) groups excluding carboxylic acids is 2. The Balaban J connectivity index is 1.94. The van der Waals surface area contributed by atoms with Gasteiger partial charge in [0.25, 0.3) is 0 Å². The smallest absolute Gasteiger partial charge is 0.407 e. The van der Waals surface area contributed by atoms with E-state index in [0.29, 0.717) is 13.0 Å². The molecule has 0 aromatic carbocycles. The molecule has 0 spiro atoms. The largest absolute Gasteiger partial charge is 0.461 e. The first-order chi connectivity index (χ1) is 20.5. The van der Waals surface area contributed by atoms with E-state index >= 15 is 0 Å². The summed E-state index contributed by atoms with van der Waals surface area (Å²) in [7, 11) is 0. The first-order valence-electron chi connectivity index (χ1n) is 17.2. The minimum Gasteiger partial charge on any atom is -0.461 e. The molecule has 1 aromatic heterocycles. The zero-order chi connectivity index (χ0) is 30.5. The molecule has 0 aliphatic heterocycles. The molecule has 1 N–H and O–H groups in total. The van der Waals surface area contributed by atoms with Crippen LogP contribution in [0.1, 0.15) is 149 Å². The lowest BCUT2D eigenvalue weighted by atomic mass is 10.0. The fourth-order valence-corrected chi connectivity index (χ4v) is 4.96. The number of aryl methyl sites for hydroxylation is 1. The molecular formula is C36H63N2O4+. The number of hydrogen-bond donors (Lipinski definition) is 1. The number of hydrogen-bond acceptors (Lipinski definition) is 4. The van der Waals surface area contributed by atoms with E-state index in [1.165, 1.54) is 89.9 Å². The SMILES string of the molecule is CCCCCCCCCCCCCCCCCCNC(=O)OCC(COC(=O)CCCCC[n+]1ccccc1)=C(C)C. The molecule has 1 amide bonds. The van der Waals surface area contributed by atoms with E-state index < -0.39 is 6.09 Å². The summed E-state index contributed by atoms with van der Waals surface area (Å²) in [5.74, 6) is -0.200. The summed E-state index contributed by atoms with van der Waals surface area (Å²) in [6.45, 7) is 8.09. The second kappa shape index (κ2) is 27.5. The Kier molecular flexibility index (Phi) is 24.6. The zero-order valence-corrected chi connectivity index (χ0v) is 27.4. The average Bonchev–Trinajstić information content (AvgIpc) is 2.98. The van der Waals surface area contributed by atoms with Crippen molar-refractivity contribution in [3.05, 3.63) is 41.7 Å². The van der Waals surface area contributed by atoms with Crippen LogP contribution in [0, 0.1) is 0 Å². The number of amides is 1. The Hall–Kier alpha value is -2.37. The second-order valence-corrected chi connectivity index (χ2v) is 12.0. The number of esters is 1. The molecule has 0 bridgehead atoms. The van der Waals surface area contributed by atoms with Gasteiger partial charge in [0.1, 0.15) is 19.8 Å². The van der Waals surface area contributed by atoms with E-state index in [0.717, 1.165) is 49.8 Å². The number of unbranched alkanes of at least 4 members (excludes halogenated alkanes) is 17. The molecule has 6 nitrogen and oxygen atoms in total. The van der Waals surface area contributed by atoms with Gasteiger partial charge in [-0.05, 0) is 33.1 Å². The average molecular weight is 588 g/mol. The molecule has 0 saturated heterocycles. The molecule has 0 fully saturated rings. The lowest BCUT2D eigenvalue weighted by Gasteiger charge is -2.12. The summed E-state index contributed by atoms with van der Waals surface area (Å²) in [5, 5.41) is 2.85. The summed E-state index contributed by atoms with van der Waals surface area (Å²) in [4.78, 5) is 24.3. The number of pyridine rings is 1. The van der Waals surface area contributed by atoms with Gasteiger partial charge >= 0.3 is 12.1 Å². The van der Waals surface area contributed by atoms with E-state index in [1.807, 2.05) is 32.0 Å². The van der Waals surface area contributed by atoms with Crippen molar-refractivity contribution >= 4 is 12.1 Å². The third kappa shape index (κ3) is 23.2. The summed E-state index contributed by atoms with van der Waals surface area (Å²) < 4.78 is 13.0. The molecule has 1 heterocycles. The maximum atomic E-state index is 12.2. The van der Waals surface area contributed by atoms with Crippen LogP contribution in [0.2, 0.25) is 0 Å². The number of aromatic nitrogens is 1. The highest BCUT2D eigenvalue weighted by Gasteiger charge is 2.10. The maximum absolute atomic E-state index is 12.2. The molecule has 6 heteroatoms. The van der Waals surface area contributed by atoms with Gasteiger partial charge < -0.3 is 14.8 Å². The highest BCUT2D eigenvalue weighted by Crippen LogP contribution is 2.14. The summed E-state index contributed by atoms with van der Waals surface area (Å²) in [6, 6.07) is 6.05. The van der Waals surface area contributed by atoms with Crippen LogP contribution in [-0.2, 0) is 20.8 Å². The number of nitrogens with one attached hydrogen (secondary N) is 1. The number of alkyl carbamates (subject to hydrolysis) is 1. The number of nitrogens with zero attached hydrogens (tertiary/aromatic N) is 1. The fraction of sp³-hybridized carbons (Fsp3) is 0.750. The standard InChI is InChI=1S/C36H62N2O4/c1-4-5-6-7-8-9-10-11-12-13-14-15-16-17-18-22-27-37-36(40)42-32-34(33(2)3)31-41-35(39)26-21-19-23-28-38-29-24-20-25-30-38/h20,24-25,29-30H,4-19,21-23,26-28,31-32H2,1-3H3/p+1. The predicted octanol–water partition coefficient (Wildman–Crippen LogP) is 9.40. The van der Waals surface area contributed by atoms with Gasteiger partial charge in [0.05, 0.1) is 0 Å². The predicted molar refractivity (Wildman–Crippen MR) is 173 cm³/mol. The zero-order valence-electron chi connectivity index (χ0n) is 27.4. The molecule has 0 radical (unpaired) electrons. The van der Waals surface area contributed by atoms with Crippen molar-refractivity contribution in [3.8, 4) is 0 Å². The third-order valence-electron chi connectivity index (χ3n) is 7.87. The van der Waals surface area contributed by atoms with Crippen molar-refractivity contribution in [2.45, 2.75) is 156 Å². The summed E-state index contributed by atoms with van der Waals surface area (Å²) >= 11 is 0. The van der Waals surface area contributed by atoms with Gasteiger partial charge in [-0.2, -0.15) is 0 Å². The number of carbonyl (C=O) groups is 2.